The Morgan fingerprint density at radius 2 is 1.96 bits per heavy atom. The van der Waals surface area contributed by atoms with Crippen LogP contribution in [-0.2, 0) is 17.9 Å². The standard InChI is InChI=1S/C21H29NO3S/c1-6-22(20(23)13-21(2,3)4)14-16-9-10-18(19(12-16)24-5)25-15-17-8-7-11-26-17/h7-12H,6,13-15H2,1-5H3. The Labute approximate surface area is 160 Å². The molecule has 0 fully saturated rings. The molecular weight excluding hydrogens is 346 g/mol. The van der Waals surface area contributed by atoms with Crippen molar-refractivity contribution >= 4 is 17.2 Å². The molecule has 1 heterocycles. The molecule has 142 valence electrons. The van der Waals surface area contributed by atoms with Gasteiger partial charge in [-0.2, -0.15) is 0 Å². The van der Waals surface area contributed by atoms with Gasteiger partial charge >= 0.3 is 0 Å². The fourth-order valence-electron chi connectivity index (χ4n) is 2.64. The third-order valence-corrected chi connectivity index (χ3v) is 4.82. The van der Waals surface area contributed by atoms with Crippen molar-refractivity contribution in [3.63, 3.8) is 0 Å². The van der Waals surface area contributed by atoms with E-state index in [1.165, 1.54) is 4.88 Å². The highest BCUT2D eigenvalue weighted by Crippen LogP contribution is 2.30. The lowest BCUT2D eigenvalue weighted by molar-refractivity contribution is -0.133. The van der Waals surface area contributed by atoms with Crippen LogP contribution in [0.5, 0.6) is 11.5 Å². The number of thiophene rings is 1. The van der Waals surface area contributed by atoms with Gasteiger partial charge in [-0.25, -0.2) is 0 Å². The fraction of sp³-hybridized carbons (Fsp3) is 0.476. The van der Waals surface area contributed by atoms with Gasteiger partial charge in [-0.1, -0.05) is 32.9 Å². The summed E-state index contributed by atoms with van der Waals surface area (Å²) in [4.78, 5) is 15.6. The summed E-state index contributed by atoms with van der Waals surface area (Å²) >= 11 is 1.67. The second-order valence-corrected chi connectivity index (χ2v) is 8.53. The van der Waals surface area contributed by atoms with E-state index in [9.17, 15) is 4.79 Å². The Hall–Kier alpha value is -2.01. The van der Waals surface area contributed by atoms with Gasteiger partial charge < -0.3 is 14.4 Å². The maximum atomic E-state index is 12.5. The SMILES string of the molecule is CCN(Cc1ccc(OCc2cccs2)c(OC)c1)C(=O)CC(C)(C)C. The highest BCUT2D eigenvalue weighted by atomic mass is 32.1. The number of benzene rings is 1. The van der Waals surface area contributed by atoms with E-state index in [4.69, 9.17) is 9.47 Å². The largest absolute Gasteiger partial charge is 0.493 e. The maximum absolute atomic E-state index is 12.5. The number of ether oxygens (including phenoxy) is 2. The second kappa shape index (κ2) is 9.08. The summed E-state index contributed by atoms with van der Waals surface area (Å²) in [6, 6.07) is 9.93. The summed E-state index contributed by atoms with van der Waals surface area (Å²) in [5.41, 5.74) is 1.02. The maximum Gasteiger partial charge on any atom is 0.223 e. The molecule has 5 heteroatoms. The zero-order valence-corrected chi connectivity index (χ0v) is 17.2. The summed E-state index contributed by atoms with van der Waals surface area (Å²) in [6.07, 6.45) is 0.542. The van der Waals surface area contributed by atoms with Gasteiger partial charge in [0, 0.05) is 24.4 Å². The van der Waals surface area contributed by atoms with Gasteiger partial charge in [-0.05, 0) is 41.5 Å². The molecule has 26 heavy (non-hydrogen) atoms. The minimum atomic E-state index is -0.0122. The molecule has 0 aliphatic heterocycles. The van der Waals surface area contributed by atoms with Crippen LogP contribution in [-0.4, -0.2) is 24.5 Å². The summed E-state index contributed by atoms with van der Waals surface area (Å²) in [5, 5.41) is 2.03. The highest BCUT2D eigenvalue weighted by Gasteiger charge is 2.20. The molecule has 1 aromatic heterocycles. The van der Waals surface area contributed by atoms with Crippen LogP contribution < -0.4 is 9.47 Å². The van der Waals surface area contributed by atoms with Gasteiger partial charge in [0.1, 0.15) is 6.61 Å². The number of methoxy groups -OCH3 is 1. The average molecular weight is 376 g/mol. The van der Waals surface area contributed by atoms with Gasteiger partial charge in [-0.3, -0.25) is 4.79 Å². The number of carbonyl (C=O) groups excluding carboxylic acids is 1. The van der Waals surface area contributed by atoms with Crippen LogP contribution in [0, 0.1) is 5.41 Å². The van der Waals surface area contributed by atoms with Crippen LogP contribution in [0.2, 0.25) is 0 Å². The van der Waals surface area contributed by atoms with Crippen molar-refractivity contribution in [2.75, 3.05) is 13.7 Å². The van der Waals surface area contributed by atoms with Crippen molar-refractivity contribution in [3.05, 3.63) is 46.2 Å². The van der Waals surface area contributed by atoms with Crippen LogP contribution in [0.4, 0.5) is 0 Å². The van der Waals surface area contributed by atoms with Crippen LogP contribution in [0.15, 0.2) is 35.7 Å². The molecular formula is C21H29NO3S. The van der Waals surface area contributed by atoms with E-state index in [0.717, 1.165) is 5.56 Å². The molecule has 0 aliphatic carbocycles. The summed E-state index contributed by atoms with van der Waals surface area (Å²) in [5.74, 6) is 1.59. The average Bonchev–Trinajstić information content (AvgIpc) is 3.10. The second-order valence-electron chi connectivity index (χ2n) is 7.50. The predicted molar refractivity (Wildman–Crippen MR) is 107 cm³/mol. The van der Waals surface area contributed by atoms with Gasteiger partial charge in [0.25, 0.3) is 0 Å². The van der Waals surface area contributed by atoms with E-state index >= 15 is 0 Å². The first-order valence-electron chi connectivity index (χ1n) is 8.92. The monoisotopic (exact) mass is 375 g/mol. The number of hydrogen-bond donors (Lipinski definition) is 0. The van der Waals surface area contributed by atoms with Gasteiger partial charge in [0.15, 0.2) is 11.5 Å². The van der Waals surface area contributed by atoms with Crippen molar-refractivity contribution in [2.24, 2.45) is 5.41 Å². The van der Waals surface area contributed by atoms with Crippen molar-refractivity contribution in [3.8, 4) is 11.5 Å². The van der Waals surface area contributed by atoms with Crippen LogP contribution >= 0.6 is 11.3 Å². The first-order chi connectivity index (χ1) is 12.3. The Kier molecular flexibility index (Phi) is 7.09. The minimum absolute atomic E-state index is 0.0122. The van der Waals surface area contributed by atoms with E-state index in [2.05, 4.69) is 20.8 Å². The van der Waals surface area contributed by atoms with E-state index in [0.29, 0.717) is 37.6 Å². The quantitative estimate of drug-likeness (QED) is 0.643. The number of amides is 1. The molecule has 0 radical (unpaired) electrons. The van der Waals surface area contributed by atoms with Crippen molar-refractivity contribution in [1.29, 1.82) is 0 Å². The zero-order chi connectivity index (χ0) is 19.2. The fourth-order valence-corrected chi connectivity index (χ4v) is 3.25. The number of carbonyl (C=O) groups is 1. The lowest BCUT2D eigenvalue weighted by atomic mass is 9.91. The third-order valence-electron chi connectivity index (χ3n) is 3.97. The Morgan fingerprint density at radius 1 is 1.19 bits per heavy atom. The van der Waals surface area contributed by atoms with Crippen LogP contribution in [0.3, 0.4) is 0 Å². The molecule has 0 atom stereocenters. The lowest BCUT2D eigenvalue weighted by Crippen LogP contribution is -2.33. The van der Waals surface area contributed by atoms with Crippen LogP contribution in [0.25, 0.3) is 0 Å². The first kappa shape index (κ1) is 20.3. The van der Waals surface area contributed by atoms with E-state index in [1.54, 1.807) is 18.4 Å². The Morgan fingerprint density at radius 3 is 2.54 bits per heavy atom. The predicted octanol–water partition coefficient (Wildman–Crippen LogP) is 5.12. The third kappa shape index (κ3) is 6.06. The smallest absolute Gasteiger partial charge is 0.223 e. The number of rotatable bonds is 8. The summed E-state index contributed by atoms with van der Waals surface area (Å²) in [7, 11) is 1.64. The van der Waals surface area contributed by atoms with Crippen molar-refractivity contribution < 1.29 is 14.3 Å². The molecule has 0 N–H and O–H groups in total. The molecule has 1 amide bonds. The molecule has 0 unspecified atom stereocenters. The molecule has 0 spiro atoms. The Balaban J connectivity index is 2.05. The van der Waals surface area contributed by atoms with Crippen molar-refractivity contribution in [1.82, 2.24) is 4.90 Å². The zero-order valence-electron chi connectivity index (χ0n) is 16.4. The topological polar surface area (TPSA) is 38.8 Å². The molecule has 0 aliphatic rings. The van der Waals surface area contributed by atoms with Gasteiger partial charge in [-0.15, -0.1) is 11.3 Å². The summed E-state index contributed by atoms with van der Waals surface area (Å²) in [6.45, 7) is 10.1. The molecule has 2 rings (SSSR count). The molecule has 0 bridgehead atoms. The normalized spacial score (nSPS) is 11.3. The van der Waals surface area contributed by atoms with Crippen molar-refractivity contribution in [2.45, 2.75) is 47.3 Å². The molecule has 4 nitrogen and oxygen atoms in total. The van der Waals surface area contributed by atoms with E-state index in [-0.39, 0.29) is 11.3 Å². The molecule has 1 aromatic carbocycles. The minimum Gasteiger partial charge on any atom is -0.493 e. The van der Waals surface area contributed by atoms with Gasteiger partial charge in [0.05, 0.1) is 7.11 Å². The summed E-state index contributed by atoms with van der Waals surface area (Å²) < 4.78 is 11.4. The number of nitrogens with zero attached hydrogens (tertiary/aromatic N) is 1. The van der Waals surface area contributed by atoms with Gasteiger partial charge in [0.2, 0.25) is 5.91 Å². The first-order valence-corrected chi connectivity index (χ1v) is 9.80. The molecule has 2 aromatic rings. The Bertz CT molecular complexity index is 705. The van der Waals surface area contributed by atoms with E-state index < -0.39 is 0 Å². The molecule has 0 saturated carbocycles. The number of hydrogen-bond acceptors (Lipinski definition) is 4. The lowest BCUT2D eigenvalue weighted by Gasteiger charge is -2.26. The van der Waals surface area contributed by atoms with E-state index in [1.807, 2.05) is 47.5 Å². The molecule has 0 saturated heterocycles. The highest BCUT2D eigenvalue weighted by molar-refractivity contribution is 7.09. The van der Waals surface area contributed by atoms with Crippen LogP contribution in [0.1, 0.15) is 44.6 Å².